The average molecular weight is 298 g/mol. The molecule has 112 valence electrons. The molecule has 0 heterocycles. The summed E-state index contributed by atoms with van der Waals surface area (Å²) in [6.45, 7) is 22.6. The smallest absolute Gasteiger partial charge is 0.112 e. The maximum absolute atomic E-state index is 2.84. The van der Waals surface area contributed by atoms with Crippen LogP contribution in [0.5, 0.6) is 0 Å². The highest BCUT2D eigenvalue weighted by Gasteiger charge is 2.33. The van der Waals surface area contributed by atoms with E-state index in [0.717, 1.165) is 6.54 Å². The summed E-state index contributed by atoms with van der Waals surface area (Å²) in [5.74, 6) is 0. The van der Waals surface area contributed by atoms with Gasteiger partial charge < -0.3 is 4.23 Å². The fraction of sp³-hybridized carbons (Fsp3) is 0.750. The van der Waals surface area contributed by atoms with Gasteiger partial charge in [-0.15, -0.1) is 0 Å². The van der Waals surface area contributed by atoms with Gasteiger partial charge in [0, 0.05) is 6.54 Å². The van der Waals surface area contributed by atoms with Gasteiger partial charge in [0.15, 0.2) is 0 Å². The molecule has 0 fully saturated rings. The van der Waals surface area contributed by atoms with Crippen LogP contribution in [0.3, 0.4) is 0 Å². The van der Waals surface area contributed by atoms with Crippen LogP contribution in [0.25, 0.3) is 0 Å². The van der Waals surface area contributed by atoms with Gasteiger partial charge in [0.1, 0.15) is 16.5 Å². The van der Waals surface area contributed by atoms with Crippen molar-refractivity contribution in [3.63, 3.8) is 0 Å². The van der Waals surface area contributed by atoms with Crippen molar-refractivity contribution in [1.82, 2.24) is 4.23 Å². The van der Waals surface area contributed by atoms with E-state index in [2.05, 4.69) is 76.4 Å². The van der Waals surface area contributed by atoms with Gasteiger partial charge in [0.25, 0.3) is 0 Å². The summed E-state index contributed by atoms with van der Waals surface area (Å²) in [6, 6.07) is 0. The molecule has 0 saturated carbocycles. The molecule has 0 aliphatic rings. The first-order valence-corrected chi connectivity index (χ1v) is 14.4. The van der Waals surface area contributed by atoms with Crippen molar-refractivity contribution in [2.75, 3.05) is 6.54 Å². The topological polar surface area (TPSA) is 3.24 Å². The number of nitrogens with zero attached hydrogens (tertiary/aromatic N) is 1. The molecule has 0 amide bonds. The summed E-state index contributed by atoms with van der Waals surface area (Å²) in [5, 5.41) is 0. The van der Waals surface area contributed by atoms with E-state index in [4.69, 9.17) is 0 Å². The fourth-order valence-corrected chi connectivity index (χ4v) is 11.8. The Morgan fingerprint density at radius 2 is 1.32 bits per heavy atom. The van der Waals surface area contributed by atoms with E-state index in [1.165, 1.54) is 18.4 Å². The molecule has 0 aromatic heterocycles. The summed E-state index contributed by atoms with van der Waals surface area (Å²) in [7, 11) is -2.40. The van der Waals surface area contributed by atoms with Crippen LogP contribution in [-0.4, -0.2) is 27.2 Å². The minimum atomic E-state index is -1.20. The zero-order valence-electron chi connectivity index (χ0n) is 14.7. The molecule has 1 nitrogen and oxygen atoms in total. The monoisotopic (exact) mass is 297 g/mol. The van der Waals surface area contributed by atoms with Gasteiger partial charge in [0.2, 0.25) is 0 Å². The van der Waals surface area contributed by atoms with Crippen LogP contribution in [0.15, 0.2) is 23.3 Å². The summed E-state index contributed by atoms with van der Waals surface area (Å²) in [6.07, 6.45) is 7.20. The summed E-state index contributed by atoms with van der Waals surface area (Å²) < 4.78 is 2.84. The molecule has 3 heteroatoms. The first kappa shape index (κ1) is 18.9. The Kier molecular flexibility index (Phi) is 7.55. The number of rotatable bonds is 7. The van der Waals surface area contributed by atoms with E-state index in [0.29, 0.717) is 0 Å². The molecular weight excluding hydrogens is 262 g/mol. The molecule has 19 heavy (non-hydrogen) atoms. The Morgan fingerprint density at radius 1 is 0.842 bits per heavy atom. The third-order valence-electron chi connectivity index (χ3n) is 3.33. The number of allylic oxidation sites excluding steroid dienone is 3. The second-order valence-corrected chi connectivity index (χ2v) is 18.0. The highest BCUT2D eigenvalue weighted by atomic mass is 28.4. The second-order valence-electron chi connectivity index (χ2n) is 7.82. The van der Waals surface area contributed by atoms with E-state index < -0.39 is 16.5 Å². The van der Waals surface area contributed by atoms with Crippen LogP contribution in [0.2, 0.25) is 39.3 Å². The van der Waals surface area contributed by atoms with Crippen molar-refractivity contribution >= 4 is 16.5 Å². The van der Waals surface area contributed by atoms with E-state index in [-0.39, 0.29) is 0 Å². The Bertz CT molecular complexity index is 312. The van der Waals surface area contributed by atoms with Crippen LogP contribution in [-0.2, 0) is 0 Å². The molecule has 0 bridgehead atoms. The lowest BCUT2D eigenvalue weighted by atomic mass is 10.1. The van der Waals surface area contributed by atoms with Crippen molar-refractivity contribution in [3.8, 4) is 0 Å². The Labute approximate surface area is 124 Å². The van der Waals surface area contributed by atoms with Gasteiger partial charge in [-0.25, -0.2) is 0 Å². The predicted octanol–water partition coefficient (Wildman–Crippen LogP) is 5.65. The van der Waals surface area contributed by atoms with Gasteiger partial charge in [-0.05, 0) is 33.6 Å². The van der Waals surface area contributed by atoms with E-state index in [9.17, 15) is 0 Å². The number of hydrogen-bond donors (Lipinski definition) is 0. The maximum Gasteiger partial charge on any atom is 0.112 e. The molecule has 0 saturated heterocycles. The third kappa shape index (κ3) is 8.61. The highest BCUT2D eigenvalue weighted by molar-refractivity contribution is 6.89. The molecule has 0 radical (unpaired) electrons. The first-order valence-electron chi connectivity index (χ1n) is 7.51. The average Bonchev–Trinajstić information content (AvgIpc) is 2.12. The second kappa shape index (κ2) is 7.60. The molecule has 0 aliphatic carbocycles. The van der Waals surface area contributed by atoms with Crippen molar-refractivity contribution < 1.29 is 0 Å². The van der Waals surface area contributed by atoms with Gasteiger partial charge in [-0.3, -0.25) is 0 Å². The lowest BCUT2D eigenvalue weighted by molar-refractivity contribution is 0.682. The molecule has 0 N–H and O–H groups in total. The van der Waals surface area contributed by atoms with E-state index >= 15 is 0 Å². The maximum atomic E-state index is 2.84. The standard InChI is InChI=1S/C16H35NSi2/c1-15(2)11-10-12-16(3)13-14-17(18(4,5)6)19(7,8)9/h11,13H,10,12,14H2,1-9H3/b16-13+. The zero-order chi connectivity index (χ0) is 15.3. The summed E-state index contributed by atoms with van der Waals surface area (Å²) in [5.41, 5.74) is 2.97. The van der Waals surface area contributed by atoms with Crippen molar-refractivity contribution in [1.29, 1.82) is 0 Å². The minimum absolute atomic E-state index is 1.16. The Hall–Kier alpha value is -0.126. The van der Waals surface area contributed by atoms with Crippen LogP contribution >= 0.6 is 0 Å². The molecule has 0 aliphatic heterocycles. The molecular formula is C16H35NSi2. The van der Waals surface area contributed by atoms with Crippen molar-refractivity contribution in [2.24, 2.45) is 0 Å². The van der Waals surface area contributed by atoms with E-state index in [1.54, 1.807) is 5.57 Å². The normalized spacial score (nSPS) is 13.9. The van der Waals surface area contributed by atoms with Gasteiger partial charge in [0.05, 0.1) is 0 Å². The van der Waals surface area contributed by atoms with Crippen LogP contribution < -0.4 is 0 Å². The third-order valence-corrected chi connectivity index (χ3v) is 11.0. The molecule has 0 atom stereocenters. The molecule has 0 rings (SSSR count). The van der Waals surface area contributed by atoms with Crippen LogP contribution in [0.1, 0.15) is 33.6 Å². The van der Waals surface area contributed by atoms with Crippen molar-refractivity contribution in [2.45, 2.75) is 72.9 Å². The fourth-order valence-electron chi connectivity index (χ4n) is 2.49. The SMILES string of the molecule is CC(C)=CCC/C(C)=C/CN([Si](C)(C)C)[Si](C)(C)C. The first-order chi connectivity index (χ1) is 8.44. The van der Waals surface area contributed by atoms with Crippen molar-refractivity contribution in [3.05, 3.63) is 23.3 Å². The number of hydrogen-bond acceptors (Lipinski definition) is 1. The Morgan fingerprint density at radius 3 is 1.68 bits per heavy atom. The predicted molar refractivity (Wildman–Crippen MR) is 95.8 cm³/mol. The molecule has 0 aromatic rings. The van der Waals surface area contributed by atoms with Crippen LogP contribution in [0.4, 0.5) is 0 Å². The zero-order valence-corrected chi connectivity index (χ0v) is 16.7. The molecule has 0 aromatic carbocycles. The van der Waals surface area contributed by atoms with Gasteiger partial charge in [-0.1, -0.05) is 62.6 Å². The quantitative estimate of drug-likeness (QED) is 0.433. The largest absolute Gasteiger partial charge is 0.343 e. The lowest BCUT2D eigenvalue weighted by Gasteiger charge is -2.43. The minimum Gasteiger partial charge on any atom is -0.343 e. The van der Waals surface area contributed by atoms with E-state index in [1.807, 2.05) is 0 Å². The summed E-state index contributed by atoms with van der Waals surface area (Å²) in [4.78, 5) is 0. The Balaban J connectivity index is 4.59. The molecule has 0 unspecified atom stereocenters. The van der Waals surface area contributed by atoms with Gasteiger partial charge >= 0.3 is 0 Å². The van der Waals surface area contributed by atoms with Gasteiger partial charge in [-0.2, -0.15) is 0 Å². The summed E-state index contributed by atoms with van der Waals surface area (Å²) >= 11 is 0. The highest BCUT2D eigenvalue weighted by Crippen LogP contribution is 2.20. The lowest BCUT2D eigenvalue weighted by Crippen LogP contribution is -2.58. The van der Waals surface area contributed by atoms with Crippen LogP contribution in [0, 0.1) is 0 Å². The molecule has 0 spiro atoms.